The Morgan fingerprint density at radius 3 is 2.30 bits per heavy atom. The van der Waals surface area contributed by atoms with Crippen LogP contribution in [0.4, 0.5) is 11.6 Å². The van der Waals surface area contributed by atoms with Gasteiger partial charge >= 0.3 is 0 Å². The first kappa shape index (κ1) is 24.1. The Morgan fingerprint density at radius 2 is 1.68 bits per heavy atom. The number of fused-ring (bicyclic) bond motifs is 1. The molecular formula is C28H28Cl2N6O. The molecule has 2 aliphatic heterocycles. The van der Waals surface area contributed by atoms with Gasteiger partial charge in [0.15, 0.2) is 5.65 Å². The summed E-state index contributed by atoms with van der Waals surface area (Å²) in [5, 5.41) is 6.41. The van der Waals surface area contributed by atoms with E-state index in [2.05, 4.69) is 15.9 Å². The Labute approximate surface area is 225 Å². The molecule has 4 aromatic rings. The molecule has 0 bridgehead atoms. The Morgan fingerprint density at radius 1 is 0.973 bits per heavy atom. The third kappa shape index (κ3) is 4.20. The highest BCUT2D eigenvalue weighted by Gasteiger charge is 2.36. The fourth-order valence-electron chi connectivity index (χ4n) is 5.12. The van der Waals surface area contributed by atoms with Gasteiger partial charge in [-0.05, 0) is 43.0 Å². The molecule has 0 saturated carbocycles. The average Bonchev–Trinajstić information content (AvgIpc) is 3.23. The van der Waals surface area contributed by atoms with E-state index in [0.717, 1.165) is 59.2 Å². The molecule has 1 amide bonds. The van der Waals surface area contributed by atoms with Crippen molar-refractivity contribution >= 4 is 46.4 Å². The molecule has 0 unspecified atom stereocenters. The van der Waals surface area contributed by atoms with Gasteiger partial charge in [0.05, 0.1) is 10.6 Å². The zero-order chi connectivity index (χ0) is 25.7. The maximum atomic E-state index is 12.1. The molecule has 2 aromatic carbocycles. The molecule has 2 aliphatic rings. The van der Waals surface area contributed by atoms with Crippen molar-refractivity contribution < 1.29 is 4.79 Å². The summed E-state index contributed by atoms with van der Waals surface area (Å²) >= 11 is 12.9. The van der Waals surface area contributed by atoms with E-state index >= 15 is 0 Å². The summed E-state index contributed by atoms with van der Waals surface area (Å²) in [5.74, 6) is 1.64. The lowest BCUT2D eigenvalue weighted by Crippen LogP contribution is -2.46. The molecule has 6 rings (SSSR count). The van der Waals surface area contributed by atoms with Gasteiger partial charge in [-0.3, -0.25) is 4.79 Å². The smallest absolute Gasteiger partial charge is 0.223 e. The maximum absolute atomic E-state index is 12.1. The van der Waals surface area contributed by atoms with E-state index in [1.54, 1.807) is 0 Å². The topological polar surface area (TPSA) is 79.8 Å². The summed E-state index contributed by atoms with van der Waals surface area (Å²) in [6, 6.07) is 17.6. The van der Waals surface area contributed by atoms with Crippen molar-refractivity contribution in [1.29, 1.82) is 0 Å². The van der Waals surface area contributed by atoms with Crippen LogP contribution in [0.3, 0.4) is 0 Å². The van der Waals surface area contributed by atoms with Crippen molar-refractivity contribution in [2.75, 3.05) is 36.0 Å². The molecule has 7 nitrogen and oxygen atoms in total. The minimum atomic E-state index is -0.496. The molecule has 0 atom stereocenters. The Bertz CT molecular complexity index is 1490. The van der Waals surface area contributed by atoms with Gasteiger partial charge in [-0.15, -0.1) is 0 Å². The van der Waals surface area contributed by atoms with E-state index in [1.807, 2.05) is 60.0 Å². The van der Waals surface area contributed by atoms with E-state index < -0.39 is 5.41 Å². The van der Waals surface area contributed by atoms with Crippen LogP contribution in [0, 0.1) is 5.41 Å². The molecule has 0 spiro atoms. The predicted octanol–water partition coefficient (Wildman–Crippen LogP) is 5.67. The van der Waals surface area contributed by atoms with E-state index in [0.29, 0.717) is 36.0 Å². The van der Waals surface area contributed by atoms with Crippen LogP contribution in [0.25, 0.3) is 28.0 Å². The molecular weight excluding hydrogens is 507 g/mol. The summed E-state index contributed by atoms with van der Waals surface area (Å²) in [4.78, 5) is 21.8. The highest BCUT2D eigenvalue weighted by Crippen LogP contribution is 2.41. The maximum Gasteiger partial charge on any atom is 0.223 e. The average molecular weight is 535 g/mol. The second-order valence-corrected chi connectivity index (χ2v) is 11.0. The summed E-state index contributed by atoms with van der Waals surface area (Å²) in [6.07, 6.45) is 2.53. The standard InChI is InChI=1S/C28H28Cl2N6O/c1-28(27(31)37)11-15-35(16-12-28)23-17-22(34-13-4-14-34)32-26-24(18-7-9-19(29)10-8-18)25(33-36(23)26)20-5-2-3-6-21(20)30/h2-3,5-10,17H,4,11-16H2,1H3,(H2,31,37). The van der Waals surface area contributed by atoms with Gasteiger partial charge in [0.2, 0.25) is 5.91 Å². The summed E-state index contributed by atoms with van der Waals surface area (Å²) in [7, 11) is 0. The van der Waals surface area contributed by atoms with E-state index in [-0.39, 0.29) is 5.91 Å². The minimum Gasteiger partial charge on any atom is -0.369 e. The number of nitrogens with two attached hydrogens (primary N) is 1. The number of primary amides is 1. The zero-order valence-corrected chi connectivity index (χ0v) is 22.1. The van der Waals surface area contributed by atoms with E-state index in [9.17, 15) is 4.79 Å². The first-order valence-electron chi connectivity index (χ1n) is 12.6. The number of hydrogen-bond donors (Lipinski definition) is 1. The van der Waals surface area contributed by atoms with Crippen molar-refractivity contribution in [3.8, 4) is 22.4 Å². The number of carbonyl (C=O) groups is 1. The number of aromatic nitrogens is 3. The molecule has 9 heteroatoms. The molecule has 0 aliphatic carbocycles. The van der Waals surface area contributed by atoms with Gasteiger partial charge in [-0.25, -0.2) is 4.98 Å². The molecule has 2 fully saturated rings. The fraction of sp³-hybridized carbons (Fsp3) is 0.321. The number of anilines is 2. The van der Waals surface area contributed by atoms with Crippen LogP contribution in [-0.4, -0.2) is 46.7 Å². The van der Waals surface area contributed by atoms with Gasteiger partial charge in [0.1, 0.15) is 17.3 Å². The molecule has 4 heterocycles. The van der Waals surface area contributed by atoms with Gasteiger partial charge < -0.3 is 15.5 Å². The summed E-state index contributed by atoms with van der Waals surface area (Å²) < 4.78 is 1.93. The second kappa shape index (κ2) is 9.23. The number of carbonyl (C=O) groups excluding carboxylic acids is 1. The number of rotatable bonds is 5. The summed E-state index contributed by atoms with van der Waals surface area (Å²) in [6.45, 7) is 5.32. The van der Waals surface area contributed by atoms with Crippen LogP contribution in [0.1, 0.15) is 26.2 Å². The lowest BCUT2D eigenvalue weighted by Gasteiger charge is -2.39. The van der Waals surface area contributed by atoms with Crippen molar-refractivity contribution in [3.05, 3.63) is 64.6 Å². The molecule has 0 radical (unpaired) electrons. The van der Waals surface area contributed by atoms with Crippen molar-refractivity contribution in [2.24, 2.45) is 11.1 Å². The number of amides is 1. The van der Waals surface area contributed by atoms with Crippen molar-refractivity contribution in [3.63, 3.8) is 0 Å². The lowest BCUT2D eigenvalue weighted by molar-refractivity contribution is -0.127. The zero-order valence-electron chi connectivity index (χ0n) is 20.6. The molecule has 37 heavy (non-hydrogen) atoms. The first-order valence-corrected chi connectivity index (χ1v) is 13.3. The summed E-state index contributed by atoms with van der Waals surface area (Å²) in [5.41, 5.74) is 9.48. The monoisotopic (exact) mass is 534 g/mol. The highest BCUT2D eigenvalue weighted by molar-refractivity contribution is 6.33. The van der Waals surface area contributed by atoms with Crippen LogP contribution >= 0.6 is 23.2 Å². The highest BCUT2D eigenvalue weighted by atomic mass is 35.5. The Kier molecular flexibility index (Phi) is 6.00. The number of piperidine rings is 1. The van der Waals surface area contributed by atoms with Crippen LogP contribution in [-0.2, 0) is 4.79 Å². The Balaban J connectivity index is 1.58. The number of nitrogens with zero attached hydrogens (tertiary/aromatic N) is 5. The van der Waals surface area contributed by atoms with Gasteiger partial charge in [-0.1, -0.05) is 60.5 Å². The number of benzene rings is 2. The third-order valence-electron chi connectivity index (χ3n) is 7.78. The van der Waals surface area contributed by atoms with Gasteiger partial charge in [-0.2, -0.15) is 9.61 Å². The van der Waals surface area contributed by atoms with Gasteiger partial charge in [0, 0.05) is 48.2 Å². The second-order valence-electron chi connectivity index (χ2n) is 10.2. The number of halogens is 2. The van der Waals surface area contributed by atoms with Gasteiger partial charge in [0.25, 0.3) is 0 Å². The molecule has 2 aromatic heterocycles. The van der Waals surface area contributed by atoms with Crippen molar-refractivity contribution in [2.45, 2.75) is 26.2 Å². The van der Waals surface area contributed by atoms with E-state index in [4.69, 9.17) is 39.0 Å². The quantitative estimate of drug-likeness (QED) is 0.356. The first-order chi connectivity index (χ1) is 17.8. The largest absolute Gasteiger partial charge is 0.369 e. The number of hydrogen-bond acceptors (Lipinski definition) is 5. The SMILES string of the molecule is CC1(C(N)=O)CCN(c2cc(N3CCC3)nc3c(-c4ccc(Cl)cc4)c(-c4ccccc4Cl)nn23)CC1. The molecule has 2 saturated heterocycles. The normalized spacial score (nSPS) is 17.2. The van der Waals surface area contributed by atoms with Crippen molar-refractivity contribution in [1.82, 2.24) is 14.6 Å². The lowest BCUT2D eigenvalue weighted by atomic mass is 9.80. The van der Waals surface area contributed by atoms with Crippen LogP contribution in [0.15, 0.2) is 54.6 Å². The Hall–Kier alpha value is -3.29. The predicted molar refractivity (Wildman–Crippen MR) is 149 cm³/mol. The molecule has 190 valence electrons. The fourth-order valence-corrected chi connectivity index (χ4v) is 5.47. The minimum absolute atomic E-state index is 0.238. The third-order valence-corrected chi connectivity index (χ3v) is 8.37. The van der Waals surface area contributed by atoms with E-state index in [1.165, 1.54) is 0 Å². The van der Waals surface area contributed by atoms with Crippen LogP contribution < -0.4 is 15.5 Å². The molecule has 2 N–H and O–H groups in total. The van der Waals surface area contributed by atoms with Crippen LogP contribution in [0.5, 0.6) is 0 Å². The van der Waals surface area contributed by atoms with Crippen LogP contribution in [0.2, 0.25) is 10.0 Å².